The summed E-state index contributed by atoms with van der Waals surface area (Å²) in [6.07, 6.45) is 0.0556. The first-order chi connectivity index (χ1) is 3.92. The van der Waals surface area contributed by atoms with E-state index in [2.05, 4.69) is 0 Å². The van der Waals surface area contributed by atoms with Crippen molar-refractivity contribution in [2.75, 3.05) is 26.8 Å². The third kappa shape index (κ3) is 8.27. The Kier molecular flexibility index (Phi) is 3.54. The third-order valence-electron chi connectivity index (χ3n) is 0.847. The summed E-state index contributed by atoms with van der Waals surface area (Å²) < 4.78 is 0. The maximum atomic E-state index is 8.46. The first-order valence-electron chi connectivity index (χ1n) is 2.63. The van der Waals surface area contributed by atoms with Crippen LogP contribution in [-0.2, 0) is 0 Å². The van der Waals surface area contributed by atoms with Gasteiger partial charge in [0.1, 0.15) is 0 Å². The molecule has 9 heavy (non-hydrogen) atoms. The van der Waals surface area contributed by atoms with Crippen molar-refractivity contribution >= 4 is 7.94 Å². The van der Waals surface area contributed by atoms with Crippen molar-refractivity contribution in [3.63, 3.8) is 0 Å². The van der Waals surface area contributed by atoms with E-state index in [0.29, 0.717) is 6.54 Å². The molecule has 0 aliphatic rings. The van der Waals surface area contributed by atoms with E-state index in [9.17, 15) is 0 Å². The Bertz CT molecular complexity index is 80.4. The molecular weight excluding hydrogens is 141 g/mol. The lowest BCUT2D eigenvalue weighted by Crippen LogP contribution is -2.17. The molecule has 0 fully saturated rings. The fourth-order valence-corrected chi connectivity index (χ4v) is 1.00. The molecule has 0 radical (unpaired) electrons. The summed E-state index contributed by atoms with van der Waals surface area (Å²) in [5.74, 6) is 0. The van der Waals surface area contributed by atoms with E-state index in [-0.39, 0.29) is 6.16 Å². The molecule has 4 nitrogen and oxygen atoms in total. The van der Waals surface area contributed by atoms with Gasteiger partial charge in [0, 0.05) is 6.54 Å². The Morgan fingerprint density at radius 3 is 1.78 bits per heavy atom. The van der Waals surface area contributed by atoms with Crippen molar-refractivity contribution < 1.29 is 14.7 Å². The summed E-state index contributed by atoms with van der Waals surface area (Å²) in [6.45, 7) is 0.497. The van der Waals surface area contributed by atoms with Crippen LogP contribution in [0.15, 0.2) is 0 Å². The minimum atomic E-state index is -3.51. The Morgan fingerprint density at radius 1 is 1.22 bits per heavy atom. The van der Waals surface area contributed by atoms with Crippen LogP contribution < -0.4 is 0 Å². The lowest BCUT2D eigenvalue weighted by molar-refractivity contribution is 0.318. The normalized spacial score (nSPS) is 12.7. The molecule has 0 aromatic heterocycles. The first-order valence-corrected chi connectivity index (χ1v) is 4.46. The lowest BCUT2D eigenvalue weighted by Gasteiger charge is -2.08. The summed E-state index contributed by atoms with van der Waals surface area (Å²) in [4.78, 5) is 27.2. The van der Waals surface area contributed by atoms with Crippen LogP contribution in [0.5, 0.6) is 0 Å². The van der Waals surface area contributed by atoms with Gasteiger partial charge in [-0.05, 0) is 14.1 Å². The monoisotopic (exact) mass is 154 g/mol. The Labute approximate surface area is 55.3 Å². The first kappa shape index (κ1) is 9.27. The van der Waals surface area contributed by atoms with Crippen LogP contribution in [0.4, 0.5) is 0 Å². The van der Waals surface area contributed by atoms with Crippen molar-refractivity contribution in [3.05, 3.63) is 0 Å². The molecule has 5 heteroatoms. The third-order valence-corrected chi connectivity index (χ3v) is 1.65. The number of rotatable bonds is 3. The van der Waals surface area contributed by atoms with Gasteiger partial charge in [0.15, 0.2) is 6.16 Å². The van der Waals surface area contributed by atoms with Gasteiger partial charge in [-0.15, -0.1) is 0 Å². The standard InChI is InChI=1S/C4H13NO3P/c1-5(2)3-4-9(6,7)8/h6-8H,3-4H2,1-2H3/q+1. The highest BCUT2D eigenvalue weighted by Crippen LogP contribution is 2.43. The molecular formula is C4H13NO3P+. The summed E-state index contributed by atoms with van der Waals surface area (Å²) in [6, 6.07) is 0. The lowest BCUT2D eigenvalue weighted by atomic mass is 10.7. The number of hydrogen-bond donors (Lipinski definition) is 3. The average Bonchev–Trinajstić information content (AvgIpc) is 1.59. The highest BCUT2D eigenvalue weighted by Gasteiger charge is 2.28. The molecule has 3 N–H and O–H groups in total. The SMILES string of the molecule is CN(C)CC[P+](O)(O)O. The van der Waals surface area contributed by atoms with Gasteiger partial charge in [-0.2, -0.15) is 14.7 Å². The van der Waals surface area contributed by atoms with Crippen molar-refractivity contribution in [1.82, 2.24) is 4.90 Å². The van der Waals surface area contributed by atoms with E-state index in [1.165, 1.54) is 0 Å². The minimum Gasteiger partial charge on any atom is -0.305 e. The molecule has 0 aliphatic carbocycles. The summed E-state index contributed by atoms with van der Waals surface area (Å²) in [7, 11) is 0.0912. The molecule has 0 heterocycles. The van der Waals surface area contributed by atoms with Gasteiger partial charge >= 0.3 is 7.94 Å². The molecule has 0 bridgehead atoms. The summed E-state index contributed by atoms with van der Waals surface area (Å²) in [5.41, 5.74) is 0. The van der Waals surface area contributed by atoms with Gasteiger partial charge in [-0.3, -0.25) is 0 Å². The van der Waals surface area contributed by atoms with Gasteiger partial charge in [-0.1, -0.05) is 0 Å². The predicted octanol–water partition coefficient (Wildman–Crippen LogP) is -0.713. The van der Waals surface area contributed by atoms with Crippen molar-refractivity contribution in [2.45, 2.75) is 0 Å². The molecule has 0 unspecified atom stereocenters. The van der Waals surface area contributed by atoms with E-state index in [0.717, 1.165) is 0 Å². The smallest absolute Gasteiger partial charge is 0.305 e. The maximum absolute atomic E-state index is 8.46. The highest BCUT2D eigenvalue weighted by molar-refractivity contribution is 7.58. The van der Waals surface area contributed by atoms with Gasteiger partial charge < -0.3 is 4.90 Å². The topological polar surface area (TPSA) is 63.9 Å². The largest absolute Gasteiger partial charge is 0.405 e. The maximum Gasteiger partial charge on any atom is 0.405 e. The molecule has 56 valence electrons. The van der Waals surface area contributed by atoms with Gasteiger partial charge in [0.2, 0.25) is 0 Å². The fourth-order valence-electron chi connectivity index (χ4n) is 0.334. The fraction of sp³-hybridized carbons (Fsp3) is 1.00. The highest BCUT2D eigenvalue weighted by atomic mass is 31.2. The van der Waals surface area contributed by atoms with E-state index in [1.54, 1.807) is 19.0 Å². The molecule has 0 saturated carbocycles. The minimum absolute atomic E-state index is 0.0556. The zero-order chi connectivity index (χ0) is 7.49. The molecule has 0 saturated heterocycles. The molecule has 0 aliphatic heterocycles. The van der Waals surface area contributed by atoms with Crippen LogP contribution in [0.3, 0.4) is 0 Å². The molecule has 0 spiro atoms. The van der Waals surface area contributed by atoms with Gasteiger partial charge in [-0.25, -0.2) is 0 Å². The van der Waals surface area contributed by atoms with E-state index < -0.39 is 7.94 Å². The molecule has 0 rings (SSSR count). The van der Waals surface area contributed by atoms with Crippen molar-refractivity contribution in [3.8, 4) is 0 Å². The second-order valence-electron chi connectivity index (χ2n) is 2.22. The Morgan fingerprint density at radius 2 is 1.67 bits per heavy atom. The van der Waals surface area contributed by atoms with Crippen LogP contribution in [0.2, 0.25) is 0 Å². The molecule has 0 atom stereocenters. The Hall–Kier alpha value is 0.270. The van der Waals surface area contributed by atoms with Crippen LogP contribution in [0.1, 0.15) is 0 Å². The zero-order valence-corrected chi connectivity index (χ0v) is 6.54. The zero-order valence-electron chi connectivity index (χ0n) is 5.65. The Balaban J connectivity index is 3.28. The van der Waals surface area contributed by atoms with Crippen LogP contribution in [0.25, 0.3) is 0 Å². The summed E-state index contributed by atoms with van der Waals surface area (Å²) in [5, 5.41) is 0. The van der Waals surface area contributed by atoms with Crippen LogP contribution in [-0.4, -0.2) is 46.4 Å². The van der Waals surface area contributed by atoms with Gasteiger partial charge in [0.05, 0.1) is 0 Å². The number of hydrogen-bond acceptors (Lipinski definition) is 4. The van der Waals surface area contributed by atoms with E-state index in [1.807, 2.05) is 0 Å². The van der Waals surface area contributed by atoms with Gasteiger partial charge in [0.25, 0.3) is 0 Å². The van der Waals surface area contributed by atoms with E-state index in [4.69, 9.17) is 14.7 Å². The van der Waals surface area contributed by atoms with Crippen molar-refractivity contribution in [2.24, 2.45) is 0 Å². The number of nitrogens with zero attached hydrogens (tertiary/aromatic N) is 1. The van der Waals surface area contributed by atoms with Crippen LogP contribution >= 0.6 is 7.94 Å². The molecule has 0 aromatic rings. The van der Waals surface area contributed by atoms with E-state index >= 15 is 0 Å². The quantitative estimate of drug-likeness (QED) is 0.470. The van der Waals surface area contributed by atoms with Crippen molar-refractivity contribution in [1.29, 1.82) is 0 Å². The predicted molar refractivity (Wildman–Crippen MR) is 37.0 cm³/mol. The summed E-state index contributed by atoms with van der Waals surface area (Å²) >= 11 is 0. The average molecular weight is 154 g/mol. The molecule has 0 amide bonds. The molecule has 0 aromatic carbocycles. The van der Waals surface area contributed by atoms with Crippen LogP contribution in [0, 0.1) is 0 Å². The second-order valence-corrected chi connectivity index (χ2v) is 4.05. The second kappa shape index (κ2) is 3.44.